The van der Waals surface area contributed by atoms with Crippen LogP contribution in [0.1, 0.15) is 39.5 Å². The number of thioether (sulfide) groups is 1. The first-order valence-electron chi connectivity index (χ1n) is 8.30. The fourth-order valence-corrected chi connectivity index (χ4v) is 3.34. The van der Waals surface area contributed by atoms with Crippen LogP contribution in [0.5, 0.6) is 0 Å². The van der Waals surface area contributed by atoms with Gasteiger partial charge in [0.2, 0.25) is 0 Å². The van der Waals surface area contributed by atoms with Crippen molar-refractivity contribution >= 4 is 43.2 Å². The summed E-state index contributed by atoms with van der Waals surface area (Å²) < 4.78 is 18.0. The first-order valence-corrected chi connectivity index (χ1v) is 9.98. The average molecular weight is 511 g/mol. The zero-order valence-electron chi connectivity index (χ0n) is 18.5. The summed E-state index contributed by atoms with van der Waals surface area (Å²) in [5, 5.41) is 3.25. The van der Waals surface area contributed by atoms with Crippen LogP contribution in [-0.4, -0.2) is 66.8 Å². The Morgan fingerprint density at radius 1 is 1.24 bits per heavy atom. The SMILES string of the molecule is CCCC1SC[C@@H]([C-]=O)N1C.CCCC=O.CN[C@H]([C-]=O)CS.NF.NF.[K+].[K+]. The summed E-state index contributed by atoms with van der Waals surface area (Å²) in [5.74, 6) is 7.44. The van der Waals surface area contributed by atoms with Crippen LogP contribution in [0.3, 0.4) is 0 Å². The fourth-order valence-electron chi connectivity index (χ4n) is 1.59. The molecule has 1 unspecified atom stereocenters. The predicted molar refractivity (Wildman–Crippen MR) is 112 cm³/mol. The number of hydrogen-bond donors (Lipinski definition) is 4. The van der Waals surface area contributed by atoms with Gasteiger partial charge in [-0.15, -0.1) is 20.7 Å². The van der Waals surface area contributed by atoms with Crippen molar-refractivity contribution in [3.63, 3.8) is 0 Å². The Labute approximate surface area is 269 Å². The van der Waals surface area contributed by atoms with E-state index in [0.717, 1.165) is 18.5 Å². The molecule has 29 heavy (non-hydrogen) atoms. The number of rotatable bonds is 8. The Hall–Kier alpha value is 2.68. The van der Waals surface area contributed by atoms with E-state index in [1.54, 1.807) is 13.3 Å². The third-order valence-corrected chi connectivity index (χ3v) is 4.97. The molecule has 0 saturated carbocycles. The molecule has 13 heteroatoms. The summed E-state index contributed by atoms with van der Waals surface area (Å²) in [7, 11) is 3.71. The molecule has 0 aliphatic carbocycles. The van der Waals surface area contributed by atoms with Crippen LogP contribution >= 0.6 is 24.4 Å². The van der Waals surface area contributed by atoms with E-state index in [4.69, 9.17) is 8.96 Å². The van der Waals surface area contributed by atoms with E-state index in [2.05, 4.69) is 48.0 Å². The van der Waals surface area contributed by atoms with Crippen molar-refractivity contribution in [3.05, 3.63) is 0 Å². The molecule has 5 N–H and O–H groups in total. The van der Waals surface area contributed by atoms with E-state index in [-0.39, 0.29) is 115 Å². The number of carbonyl (C=O) groups excluding carboxylic acids is 3. The second-order valence-corrected chi connectivity index (χ2v) is 6.55. The quantitative estimate of drug-likeness (QED) is 0.0849. The molecule has 0 spiro atoms. The Bertz CT molecular complexity index is 330. The summed E-state index contributed by atoms with van der Waals surface area (Å²) >= 11 is 5.72. The van der Waals surface area contributed by atoms with Gasteiger partial charge in [0.25, 0.3) is 0 Å². The van der Waals surface area contributed by atoms with Gasteiger partial charge < -0.3 is 24.6 Å². The van der Waals surface area contributed by atoms with Crippen LogP contribution in [0.4, 0.5) is 8.96 Å². The third-order valence-electron chi connectivity index (χ3n) is 3.14. The smallest absolute Gasteiger partial charge is 0.540 e. The van der Waals surface area contributed by atoms with E-state index in [1.807, 2.05) is 25.7 Å². The summed E-state index contributed by atoms with van der Waals surface area (Å²) in [6.45, 7) is 4.15. The predicted octanol–water partition coefficient (Wildman–Crippen LogP) is -4.46. The van der Waals surface area contributed by atoms with Crippen molar-refractivity contribution in [2.24, 2.45) is 11.9 Å². The summed E-state index contributed by atoms with van der Waals surface area (Å²) in [6, 6.07) is -0.167. The Morgan fingerprint density at radius 2 is 1.76 bits per heavy atom. The van der Waals surface area contributed by atoms with Crippen molar-refractivity contribution in [1.82, 2.24) is 10.2 Å². The molecule has 1 heterocycles. The first kappa shape index (κ1) is 45.2. The van der Waals surface area contributed by atoms with Crippen LogP contribution in [0.15, 0.2) is 0 Å². The van der Waals surface area contributed by atoms with E-state index >= 15 is 0 Å². The molecule has 1 saturated heterocycles. The van der Waals surface area contributed by atoms with E-state index in [1.165, 1.54) is 12.8 Å². The van der Waals surface area contributed by atoms with Gasteiger partial charge in [0.05, 0.1) is 5.37 Å². The number of nitrogens with zero attached hydrogens (tertiary/aromatic N) is 1. The average Bonchev–Trinajstić information content (AvgIpc) is 3.08. The number of thiol groups is 1. The molecule has 1 fully saturated rings. The zero-order valence-corrected chi connectivity index (χ0v) is 26.4. The topological polar surface area (TPSA) is 119 Å². The van der Waals surface area contributed by atoms with Crippen LogP contribution in [0.2, 0.25) is 0 Å². The number of likely N-dealkylation sites (N-methyl/N-ethyl adjacent to an activating group) is 2. The molecular formula is C16H34F2K2N4O3S2. The Balaban J connectivity index is -0.0000000647. The molecule has 0 bridgehead atoms. The van der Waals surface area contributed by atoms with Crippen molar-refractivity contribution in [2.75, 3.05) is 25.6 Å². The number of aldehydes is 1. The van der Waals surface area contributed by atoms with E-state index in [9.17, 15) is 14.4 Å². The first-order chi connectivity index (χ1) is 13.1. The summed E-state index contributed by atoms with van der Waals surface area (Å²) in [4.78, 5) is 31.6. The molecule has 0 radical (unpaired) electrons. The maximum atomic E-state index is 10.4. The molecular weight excluding hydrogens is 477 g/mol. The number of carbonyl (C=O) groups is 1. The van der Waals surface area contributed by atoms with Crippen molar-refractivity contribution in [2.45, 2.75) is 57.0 Å². The van der Waals surface area contributed by atoms with Crippen LogP contribution in [-0.2, 0) is 14.4 Å². The minimum absolute atomic E-state index is 0. The van der Waals surface area contributed by atoms with E-state index < -0.39 is 0 Å². The third kappa shape index (κ3) is 30.7. The van der Waals surface area contributed by atoms with Crippen LogP contribution < -0.4 is 120 Å². The fraction of sp³-hybridized carbons (Fsp3) is 0.812. The van der Waals surface area contributed by atoms with Crippen molar-refractivity contribution in [1.29, 1.82) is 0 Å². The molecule has 1 rings (SSSR count). The molecule has 7 nitrogen and oxygen atoms in total. The maximum Gasteiger partial charge on any atom is 1.00 e. The summed E-state index contributed by atoms with van der Waals surface area (Å²) in [6.07, 6.45) is 8.80. The van der Waals surface area contributed by atoms with Crippen molar-refractivity contribution in [3.8, 4) is 0 Å². The number of nitrogens with two attached hydrogens (primary N) is 2. The van der Waals surface area contributed by atoms with Crippen molar-refractivity contribution < 1.29 is 126 Å². The molecule has 0 aromatic heterocycles. The second kappa shape index (κ2) is 41.0. The molecule has 0 aromatic rings. The Morgan fingerprint density at radius 3 is 1.93 bits per heavy atom. The van der Waals surface area contributed by atoms with Gasteiger partial charge in [-0.1, -0.05) is 32.4 Å². The molecule has 1 aliphatic rings. The largest absolute Gasteiger partial charge is 1.00 e. The molecule has 164 valence electrons. The van der Waals surface area contributed by atoms with Gasteiger partial charge in [-0.3, -0.25) is 0 Å². The van der Waals surface area contributed by atoms with Gasteiger partial charge in [0.15, 0.2) is 0 Å². The van der Waals surface area contributed by atoms with Gasteiger partial charge >= 0.3 is 103 Å². The van der Waals surface area contributed by atoms with Gasteiger partial charge in [-0.25, -0.2) is 12.6 Å². The minimum Gasteiger partial charge on any atom is -0.540 e. The molecule has 3 atom stereocenters. The Kier molecular flexibility index (Phi) is 63.9. The summed E-state index contributed by atoms with van der Waals surface area (Å²) in [5.41, 5.74) is 0. The minimum atomic E-state index is -0.205. The maximum absolute atomic E-state index is 10.4. The second-order valence-electron chi connectivity index (χ2n) is 4.97. The van der Waals surface area contributed by atoms with Gasteiger partial charge in [0.1, 0.15) is 6.29 Å². The van der Waals surface area contributed by atoms with Crippen LogP contribution in [0.25, 0.3) is 0 Å². The number of unbranched alkanes of at least 4 members (excludes halogenated alkanes) is 1. The van der Waals surface area contributed by atoms with Gasteiger partial charge in [-0.05, 0) is 38.4 Å². The van der Waals surface area contributed by atoms with Gasteiger partial charge in [-0.2, -0.15) is 24.5 Å². The monoisotopic (exact) mass is 510 g/mol. The van der Waals surface area contributed by atoms with Gasteiger partial charge in [0, 0.05) is 6.42 Å². The molecule has 1 aliphatic heterocycles. The normalized spacial score (nSPS) is 17.3. The van der Waals surface area contributed by atoms with Crippen LogP contribution in [0, 0.1) is 0 Å². The zero-order chi connectivity index (χ0) is 22.1. The standard InChI is InChI=1S/C8H14NOS.C4H8NOS.C4H8O.2FH2N.2K/c1-3-4-8-9(2)7(5-10)6-11-8;1-5-4(2-6)3-7;1-2-3-4-5;2*1-2;;/h7-8H,3-4,6H2,1-2H3;4-5,7H,3H2,1H3;4H,2-3H2,1H3;2*2H2;;/q2*-1;;;;2*+1/t7-,8?;4-;;;;;/m11...../s1. The number of hydrogen-bond acceptors (Lipinski definition) is 9. The van der Waals surface area contributed by atoms with E-state index in [0.29, 0.717) is 17.5 Å². The number of halogens is 2. The molecule has 0 amide bonds. The number of nitrogens with one attached hydrogen (secondary N) is 1. The molecule has 0 aromatic carbocycles.